The summed E-state index contributed by atoms with van der Waals surface area (Å²) in [7, 11) is 5.12. The second kappa shape index (κ2) is 8.83. The van der Waals surface area contributed by atoms with E-state index in [1.807, 2.05) is 0 Å². The molecular formula is C10H20N6O2S. The Labute approximate surface area is 116 Å². The molecule has 1 amide bonds. The van der Waals surface area contributed by atoms with Gasteiger partial charge >= 0.3 is 0 Å². The van der Waals surface area contributed by atoms with Crippen molar-refractivity contribution in [1.82, 2.24) is 30.4 Å². The molecule has 0 aliphatic carbocycles. The molecule has 0 spiro atoms. The molecule has 0 saturated heterocycles. The van der Waals surface area contributed by atoms with Crippen LogP contribution in [0.5, 0.6) is 0 Å². The number of tetrazole rings is 1. The summed E-state index contributed by atoms with van der Waals surface area (Å²) in [6, 6.07) is 0. The van der Waals surface area contributed by atoms with Gasteiger partial charge in [0.2, 0.25) is 11.1 Å². The van der Waals surface area contributed by atoms with Gasteiger partial charge in [0.25, 0.3) is 0 Å². The average molecular weight is 288 g/mol. The van der Waals surface area contributed by atoms with Gasteiger partial charge in [-0.15, -0.1) is 5.10 Å². The first-order valence-corrected chi connectivity index (χ1v) is 6.92. The fourth-order valence-electron chi connectivity index (χ4n) is 1.18. The van der Waals surface area contributed by atoms with Gasteiger partial charge in [-0.25, -0.2) is 4.68 Å². The predicted octanol–water partition coefficient (Wildman–Crippen LogP) is -0.911. The zero-order chi connectivity index (χ0) is 14.1. The van der Waals surface area contributed by atoms with E-state index in [9.17, 15) is 4.79 Å². The van der Waals surface area contributed by atoms with Crippen LogP contribution in [0.3, 0.4) is 0 Å². The monoisotopic (exact) mass is 288 g/mol. The van der Waals surface area contributed by atoms with Crippen molar-refractivity contribution in [2.45, 2.75) is 11.7 Å². The first-order valence-electron chi connectivity index (χ1n) is 5.94. The van der Waals surface area contributed by atoms with E-state index in [0.29, 0.717) is 24.1 Å². The van der Waals surface area contributed by atoms with Crippen molar-refractivity contribution in [3.63, 3.8) is 0 Å². The maximum Gasteiger partial charge on any atom is 0.232 e. The fraction of sp³-hybridized carbons (Fsp3) is 0.800. The number of hydrogen-bond donors (Lipinski definition) is 1. The van der Waals surface area contributed by atoms with Gasteiger partial charge < -0.3 is 15.0 Å². The van der Waals surface area contributed by atoms with Crippen LogP contribution in [0, 0.1) is 0 Å². The van der Waals surface area contributed by atoms with Crippen LogP contribution in [0.1, 0.15) is 0 Å². The zero-order valence-electron chi connectivity index (χ0n) is 11.5. The van der Waals surface area contributed by atoms with Crippen LogP contribution >= 0.6 is 11.8 Å². The van der Waals surface area contributed by atoms with Crippen molar-refractivity contribution in [3.8, 4) is 0 Å². The largest absolute Gasteiger partial charge is 0.383 e. The van der Waals surface area contributed by atoms with E-state index in [-0.39, 0.29) is 5.91 Å². The lowest BCUT2D eigenvalue weighted by Crippen LogP contribution is -2.25. The smallest absolute Gasteiger partial charge is 0.232 e. The summed E-state index contributed by atoms with van der Waals surface area (Å²) < 4.78 is 6.62. The number of ether oxygens (including phenoxy) is 1. The number of rotatable bonds is 9. The summed E-state index contributed by atoms with van der Waals surface area (Å²) >= 11 is 1.34. The van der Waals surface area contributed by atoms with Crippen molar-refractivity contribution in [3.05, 3.63) is 0 Å². The number of amides is 1. The first-order chi connectivity index (χ1) is 9.15. The quantitative estimate of drug-likeness (QED) is 0.465. The number of carbonyl (C=O) groups excluding carboxylic acids is 1. The van der Waals surface area contributed by atoms with E-state index in [0.717, 1.165) is 13.1 Å². The summed E-state index contributed by atoms with van der Waals surface area (Å²) in [5.41, 5.74) is 0. The molecule has 0 radical (unpaired) electrons. The molecule has 0 unspecified atom stereocenters. The molecule has 1 rings (SSSR count). The molecule has 1 heterocycles. The summed E-state index contributed by atoms with van der Waals surface area (Å²) in [4.78, 5) is 13.0. The number of thioether (sulfide) groups is 1. The van der Waals surface area contributed by atoms with Crippen LogP contribution in [-0.4, -0.2) is 77.7 Å². The number of hydrogen-bond acceptors (Lipinski definition) is 7. The molecular weight excluding hydrogens is 268 g/mol. The normalized spacial score (nSPS) is 10.7. The second-order valence-electron chi connectivity index (χ2n) is 4.00. The third kappa shape index (κ3) is 5.99. The minimum Gasteiger partial charge on any atom is -0.383 e. The Kier molecular flexibility index (Phi) is 7.38. The van der Waals surface area contributed by atoms with Crippen LogP contribution < -0.4 is 5.32 Å². The summed E-state index contributed by atoms with van der Waals surface area (Å²) in [5, 5.41) is 15.3. The lowest BCUT2D eigenvalue weighted by atomic mass is 10.6. The topological polar surface area (TPSA) is 85.2 Å². The predicted molar refractivity (Wildman–Crippen MR) is 72.0 cm³/mol. The average Bonchev–Trinajstić information content (AvgIpc) is 2.83. The Morgan fingerprint density at radius 3 is 2.95 bits per heavy atom. The van der Waals surface area contributed by atoms with Crippen LogP contribution in [0.25, 0.3) is 0 Å². The highest BCUT2D eigenvalue weighted by Crippen LogP contribution is 2.13. The number of methoxy groups -OCH3 is 1. The maximum atomic E-state index is 11.5. The molecule has 0 aliphatic rings. The Bertz CT molecular complexity index is 384. The number of nitrogens with zero attached hydrogens (tertiary/aromatic N) is 5. The molecule has 0 aromatic carbocycles. The van der Waals surface area contributed by atoms with Crippen molar-refractivity contribution in [2.24, 2.45) is 0 Å². The van der Waals surface area contributed by atoms with E-state index in [1.165, 1.54) is 11.8 Å². The van der Waals surface area contributed by atoms with E-state index >= 15 is 0 Å². The molecule has 108 valence electrons. The first kappa shape index (κ1) is 15.9. The molecule has 0 aliphatic heterocycles. The highest BCUT2D eigenvalue weighted by molar-refractivity contribution is 7.99. The van der Waals surface area contributed by atoms with E-state index in [1.54, 1.807) is 30.8 Å². The molecule has 8 nitrogen and oxygen atoms in total. The van der Waals surface area contributed by atoms with Crippen LogP contribution in [0.15, 0.2) is 5.16 Å². The van der Waals surface area contributed by atoms with Gasteiger partial charge in [-0.05, 0) is 10.4 Å². The van der Waals surface area contributed by atoms with E-state index in [2.05, 4.69) is 20.8 Å². The van der Waals surface area contributed by atoms with Gasteiger partial charge in [0, 0.05) is 34.3 Å². The molecule has 1 aromatic rings. The number of aromatic nitrogens is 4. The lowest BCUT2D eigenvalue weighted by Gasteiger charge is -2.09. The van der Waals surface area contributed by atoms with Crippen LogP contribution in [0.2, 0.25) is 0 Å². The highest BCUT2D eigenvalue weighted by Gasteiger charge is 2.10. The number of nitrogens with one attached hydrogen (secondary N) is 1. The van der Waals surface area contributed by atoms with Gasteiger partial charge in [0.1, 0.15) is 0 Å². The third-order valence-electron chi connectivity index (χ3n) is 2.31. The fourth-order valence-corrected chi connectivity index (χ4v) is 2.06. The minimum atomic E-state index is 0.0396. The SMILES string of the molecule is COCCNCCn1nnnc1SCC(=O)N(C)C. The van der Waals surface area contributed by atoms with Crippen molar-refractivity contribution in [2.75, 3.05) is 46.7 Å². The summed E-state index contributed by atoms with van der Waals surface area (Å²) in [5.74, 6) is 0.377. The molecule has 1 N–H and O–H groups in total. The molecule has 1 aromatic heterocycles. The third-order valence-corrected chi connectivity index (χ3v) is 3.25. The molecule has 0 saturated carbocycles. The van der Waals surface area contributed by atoms with Crippen LogP contribution in [0.4, 0.5) is 0 Å². The second-order valence-corrected chi connectivity index (χ2v) is 4.95. The van der Waals surface area contributed by atoms with Gasteiger partial charge in [0.05, 0.1) is 18.9 Å². The van der Waals surface area contributed by atoms with Crippen LogP contribution in [-0.2, 0) is 16.1 Å². The Morgan fingerprint density at radius 2 is 2.26 bits per heavy atom. The summed E-state index contributed by atoms with van der Waals surface area (Å²) in [6.07, 6.45) is 0. The Morgan fingerprint density at radius 1 is 1.47 bits per heavy atom. The van der Waals surface area contributed by atoms with Gasteiger partial charge in [0.15, 0.2) is 0 Å². The van der Waals surface area contributed by atoms with Crippen molar-refractivity contribution < 1.29 is 9.53 Å². The van der Waals surface area contributed by atoms with Crippen molar-refractivity contribution in [1.29, 1.82) is 0 Å². The Hall–Kier alpha value is -1.19. The van der Waals surface area contributed by atoms with Gasteiger partial charge in [-0.3, -0.25) is 4.79 Å². The summed E-state index contributed by atoms with van der Waals surface area (Å²) in [6.45, 7) is 2.88. The minimum absolute atomic E-state index is 0.0396. The lowest BCUT2D eigenvalue weighted by molar-refractivity contribution is -0.125. The van der Waals surface area contributed by atoms with E-state index < -0.39 is 0 Å². The zero-order valence-corrected chi connectivity index (χ0v) is 12.3. The standard InChI is InChI=1S/C10H20N6O2S/c1-15(2)9(17)8-19-10-12-13-14-16(10)6-4-11-5-7-18-3/h11H,4-8H2,1-3H3. The van der Waals surface area contributed by atoms with E-state index in [4.69, 9.17) is 4.74 Å². The molecule has 0 bridgehead atoms. The van der Waals surface area contributed by atoms with Gasteiger partial charge in [-0.2, -0.15) is 0 Å². The maximum absolute atomic E-state index is 11.5. The van der Waals surface area contributed by atoms with Gasteiger partial charge in [-0.1, -0.05) is 11.8 Å². The van der Waals surface area contributed by atoms with Crippen molar-refractivity contribution >= 4 is 17.7 Å². The molecule has 19 heavy (non-hydrogen) atoms. The Balaban J connectivity index is 2.32. The number of carbonyl (C=O) groups is 1. The molecule has 0 atom stereocenters. The molecule has 9 heteroatoms. The molecule has 0 fully saturated rings. The highest BCUT2D eigenvalue weighted by atomic mass is 32.2.